The summed E-state index contributed by atoms with van der Waals surface area (Å²) in [7, 11) is 0. The molecule has 0 aliphatic carbocycles. The second kappa shape index (κ2) is 6.06. The number of likely N-dealkylation sites (N-methyl/N-ethyl adjacent to an activating group) is 1. The SMILES string of the molecule is CCN1CCCC(NCc2cn[nH]c2C(C)(C)C)C1. The number of aromatic nitrogens is 2. The molecule has 4 nitrogen and oxygen atoms in total. The van der Waals surface area contributed by atoms with E-state index in [4.69, 9.17) is 0 Å². The van der Waals surface area contributed by atoms with Gasteiger partial charge >= 0.3 is 0 Å². The number of aromatic amines is 1. The molecule has 1 unspecified atom stereocenters. The standard InChI is InChI=1S/C15H28N4/c1-5-19-8-6-7-13(11-19)16-9-12-10-17-18-14(12)15(2,3)4/h10,13,16H,5-9,11H2,1-4H3,(H,17,18). The lowest BCUT2D eigenvalue weighted by Gasteiger charge is -2.32. The zero-order valence-electron chi connectivity index (χ0n) is 12.8. The highest BCUT2D eigenvalue weighted by Gasteiger charge is 2.22. The molecule has 0 amide bonds. The van der Waals surface area contributed by atoms with Gasteiger partial charge in [-0.25, -0.2) is 0 Å². The van der Waals surface area contributed by atoms with Crippen LogP contribution in [-0.2, 0) is 12.0 Å². The zero-order chi connectivity index (χ0) is 13.9. The Hall–Kier alpha value is -0.870. The average Bonchev–Trinajstić information content (AvgIpc) is 2.85. The van der Waals surface area contributed by atoms with Crippen LogP contribution in [0.15, 0.2) is 6.20 Å². The van der Waals surface area contributed by atoms with Crippen LogP contribution in [0.2, 0.25) is 0 Å². The number of nitrogens with zero attached hydrogens (tertiary/aromatic N) is 2. The van der Waals surface area contributed by atoms with Crippen LogP contribution in [0, 0.1) is 0 Å². The van der Waals surface area contributed by atoms with Gasteiger partial charge < -0.3 is 10.2 Å². The van der Waals surface area contributed by atoms with Gasteiger partial charge in [0, 0.05) is 35.8 Å². The van der Waals surface area contributed by atoms with Crippen LogP contribution >= 0.6 is 0 Å². The van der Waals surface area contributed by atoms with E-state index >= 15 is 0 Å². The predicted octanol–water partition coefficient (Wildman–Crippen LogP) is 2.28. The molecule has 0 saturated carbocycles. The molecule has 0 radical (unpaired) electrons. The molecule has 1 saturated heterocycles. The second-order valence-electron chi connectivity index (χ2n) is 6.63. The minimum Gasteiger partial charge on any atom is -0.309 e. The highest BCUT2D eigenvalue weighted by molar-refractivity contribution is 5.23. The molecular weight excluding hydrogens is 236 g/mol. The molecule has 1 aliphatic heterocycles. The maximum Gasteiger partial charge on any atom is 0.0535 e. The largest absolute Gasteiger partial charge is 0.309 e. The number of H-pyrrole nitrogens is 1. The molecule has 2 rings (SSSR count). The molecule has 1 aliphatic rings. The molecule has 2 heterocycles. The highest BCUT2D eigenvalue weighted by atomic mass is 15.2. The first kappa shape index (κ1) is 14.5. The van der Waals surface area contributed by atoms with Crippen molar-refractivity contribution in [1.29, 1.82) is 0 Å². The van der Waals surface area contributed by atoms with Crippen molar-refractivity contribution in [2.75, 3.05) is 19.6 Å². The Morgan fingerprint density at radius 2 is 2.26 bits per heavy atom. The Morgan fingerprint density at radius 3 is 2.95 bits per heavy atom. The first-order valence-corrected chi connectivity index (χ1v) is 7.49. The van der Waals surface area contributed by atoms with Crippen molar-refractivity contribution in [1.82, 2.24) is 20.4 Å². The quantitative estimate of drug-likeness (QED) is 0.877. The maximum atomic E-state index is 4.21. The van der Waals surface area contributed by atoms with E-state index in [-0.39, 0.29) is 5.41 Å². The van der Waals surface area contributed by atoms with Gasteiger partial charge in [0.05, 0.1) is 6.20 Å². The fraction of sp³-hybridized carbons (Fsp3) is 0.800. The predicted molar refractivity (Wildman–Crippen MR) is 79.3 cm³/mol. The number of nitrogens with one attached hydrogen (secondary N) is 2. The Bertz CT molecular complexity index is 391. The van der Waals surface area contributed by atoms with Crippen LogP contribution in [0.25, 0.3) is 0 Å². The van der Waals surface area contributed by atoms with Gasteiger partial charge in [-0.05, 0) is 25.9 Å². The number of hydrogen-bond donors (Lipinski definition) is 2. The van der Waals surface area contributed by atoms with Crippen molar-refractivity contribution in [3.63, 3.8) is 0 Å². The Balaban J connectivity index is 1.90. The van der Waals surface area contributed by atoms with Crippen molar-refractivity contribution >= 4 is 0 Å². The summed E-state index contributed by atoms with van der Waals surface area (Å²) in [5, 5.41) is 11.1. The molecule has 1 aromatic heterocycles. The van der Waals surface area contributed by atoms with Gasteiger partial charge in [-0.2, -0.15) is 5.10 Å². The van der Waals surface area contributed by atoms with E-state index < -0.39 is 0 Å². The van der Waals surface area contributed by atoms with E-state index in [1.54, 1.807) is 0 Å². The third-order valence-electron chi connectivity index (χ3n) is 4.00. The molecule has 108 valence electrons. The lowest BCUT2D eigenvalue weighted by Crippen LogP contribution is -2.45. The second-order valence-corrected chi connectivity index (χ2v) is 6.63. The summed E-state index contributed by atoms with van der Waals surface area (Å²) in [6.45, 7) is 13.4. The topological polar surface area (TPSA) is 44.0 Å². The molecule has 0 spiro atoms. The molecule has 1 aromatic rings. The molecule has 0 bridgehead atoms. The van der Waals surface area contributed by atoms with Gasteiger partial charge in [-0.15, -0.1) is 0 Å². The molecule has 4 heteroatoms. The average molecular weight is 264 g/mol. The maximum absolute atomic E-state index is 4.21. The molecule has 0 aromatic carbocycles. The first-order chi connectivity index (χ1) is 9.00. The number of likely N-dealkylation sites (tertiary alicyclic amines) is 1. The van der Waals surface area contributed by atoms with Crippen molar-refractivity contribution in [3.8, 4) is 0 Å². The summed E-state index contributed by atoms with van der Waals surface area (Å²) in [5.74, 6) is 0. The monoisotopic (exact) mass is 264 g/mol. The smallest absolute Gasteiger partial charge is 0.0535 e. The van der Waals surface area contributed by atoms with Gasteiger partial charge in [-0.1, -0.05) is 27.7 Å². The van der Waals surface area contributed by atoms with Gasteiger partial charge in [0.15, 0.2) is 0 Å². The molecule has 1 fully saturated rings. The molecule has 1 atom stereocenters. The van der Waals surface area contributed by atoms with Crippen molar-refractivity contribution in [2.45, 2.75) is 58.5 Å². The van der Waals surface area contributed by atoms with Crippen LogP contribution in [0.1, 0.15) is 51.8 Å². The summed E-state index contributed by atoms with van der Waals surface area (Å²) in [6, 6.07) is 0.622. The summed E-state index contributed by atoms with van der Waals surface area (Å²) >= 11 is 0. The number of rotatable bonds is 4. The molecule has 2 N–H and O–H groups in total. The third kappa shape index (κ3) is 3.80. The van der Waals surface area contributed by atoms with E-state index in [1.807, 2.05) is 6.20 Å². The lowest BCUT2D eigenvalue weighted by molar-refractivity contribution is 0.198. The Morgan fingerprint density at radius 1 is 1.47 bits per heavy atom. The van der Waals surface area contributed by atoms with Crippen LogP contribution in [0.5, 0.6) is 0 Å². The van der Waals surface area contributed by atoms with Gasteiger partial charge in [-0.3, -0.25) is 5.10 Å². The van der Waals surface area contributed by atoms with E-state index in [2.05, 4.69) is 48.1 Å². The number of hydrogen-bond acceptors (Lipinski definition) is 3. The van der Waals surface area contributed by atoms with Crippen LogP contribution < -0.4 is 5.32 Å². The van der Waals surface area contributed by atoms with Gasteiger partial charge in [0.1, 0.15) is 0 Å². The summed E-state index contributed by atoms with van der Waals surface area (Å²) in [5.41, 5.74) is 2.69. The first-order valence-electron chi connectivity index (χ1n) is 7.49. The molecule has 19 heavy (non-hydrogen) atoms. The summed E-state index contributed by atoms with van der Waals surface area (Å²) in [4.78, 5) is 2.53. The van der Waals surface area contributed by atoms with Gasteiger partial charge in [0.25, 0.3) is 0 Å². The lowest BCUT2D eigenvalue weighted by atomic mass is 9.89. The molecular formula is C15H28N4. The van der Waals surface area contributed by atoms with E-state index in [0.717, 1.165) is 13.1 Å². The fourth-order valence-corrected chi connectivity index (χ4v) is 2.86. The fourth-order valence-electron chi connectivity index (χ4n) is 2.86. The third-order valence-corrected chi connectivity index (χ3v) is 4.00. The van der Waals surface area contributed by atoms with Crippen molar-refractivity contribution in [2.24, 2.45) is 0 Å². The van der Waals surface area contributed by atoms with Crippen LogP contribution in [-0.4, -0.2) is 40.8 Å². The van der Waals surface area contributed by atoms with E-state index in [9.17, 15) is 0 Å². The van der Waals surface area contributed by atoms with Crippen molar-refractivity contribution in [3.05, 3.63) is 17.5 Å². The minimum atomic E-state index is 0.134. The Kier molecular flexibility index (Phi) is 4.63. The summed E-state index contributed by atoms with van der Waals surface area (Å²) < 4.78 is 0. The van der Waals surface area contributed by atoms with Gasteiger partial charge in [0.2, 0.25) is 0 Å². The van der Waals surface area contributed by atoms with Crippen LogP contribution in [0.3, 0.4) is 0 Å². The normalized spacial score (nSPS) is 21.8. The minimum absolute atomic E-state index is 0.134. The Labute approximate surface area is 117 Å². The zero-order valence-corrected chi connectivity index (χ0v) is 12.8. The van der Waals surface area contributed by atoms with E-state index in [1.165, 1.54) is 37.2 Å². The van der Waals surface area contributed by atoms with Crippen molar-refractivity contribution < 1.29 is 0 Å². The number of piperidine rings is 1. The van der Waals surface area contributed by atoms with E-state index in [0.29, 0.717) is 6.04 Å². The highest BCUT2D eigenvalue weighted by Crippen LogP contribution is 2.23. The van der Waals surface area contributed by atoms with Crippen LogP contribution in [0.4, 0.5) is 0 Å². The summed E-state index contributed by atoms with van der Waals surface area (Å²) in [6.07, 6.45) is 4.57.